The summed E-state index contributed by atoms with van der Waals surface area (Å²) in [7, 11) is 1.43. The number of carbonyl (C=O) groups excluding carboxylic acids is 1. The molecule has 9 heteroatoms. The van der Waals surface area contributed by atoms with E-state index < -0.39 is 23.4 Å². The SMILES string of the molecule is CN(C(=O)Cn1c(=O)oc2ccc(-c3ccncc3)cc21)c1ccc(C(F)(F)F)cc1. The fourth-order valence-electron chi connectivity index (χ4n) is 3.20. The molecule has 0 saturated carbocycles. The molecule has 0 radical (unpaired) electrons. The number of alkyl halides is 3. The molecule has 0 aliphatic carbocycles. The fraction of sp³-hybridized carbons (Fsp3) is 0.136. The molecule has 2 aromatic heterocycles. The molecule has 2 aromatic carbocycles. The Morgan fingerprint density at radius 3 is 2.35 bits per heavy atom. The van der Waals surface area contributed by atoms with E-state index >= 15 is 0 Å². The van der Waals surface area contributed by atoms with Crippen molar-refractivity contribution in [3.8, 4) is 11.1 Å². The van der Waals surface area contributed by atoms with E-state index in [4.69, 9.17) is 4.42 Å². The predicted octanol–water partition coefficient (Wildman–Crippen LogP) is 4.34. The summed E-state index contributed by atoms with van der Waals surface area (Å²) in [6.07, 6.45) is -1.17. The third-order valence-corrected chi connectivity index (χ3v) is 4.93. The van der Waals surface area contributed by atoms with Crippen LogP contribution in [0.4, 0.5) is 18.9 Å². The van der Waals surface area contributed by atoms with Gasteiger partial charge in [0.25, 0.3) is 0 Å². The molecule has 0 atom stereocenters. The van der Waals surface area contributed by atoms with Gasteiger partial charge in [-0.25, -0.2) is 4.79 Å². The van der Waals surface area contributed by atoms with Crippen LogP contribution in [0, 0.1) is 0 Å². The van der Waals surface area contributed by atoms with Gasteiger partial charge in [-0.05, 0) is 59.7 Å². The van der Waals surface area contributed by atoms with E-state index in [0.717, 1.165) is 23.3 Å². The first kappa shape index (κ1) is 20.4. The molecule has 31 heavy (non-hydrogen) atoms. The number of nitrogens with zero attached hydrogens (tertiary/aromatic N) is 3. The van der Waals surface area contributed by atoms with Gasteiger partial charge in [-0.3, -0.25) is 14.3 Å². The van der Waals surface area contributed by atoms with Gasteiger partial charge in [-0.2, -0.15) is 13.2 Å². The van der Waals surface area contributed by atoms with Crippen molar-refractivity contribution in [2.75, 3.05) is 11.9 Å². The summed E-state index contributed by atoms with van der Waals surface area (Å²) in [5.74, 6) is -1.19. The molecule has 0 spiro atoms. The number of halogens is 3. The molecule has 0 unspecified atom stereocenters. The maximum Gasteiger partial charge on any atom is 0.420 e. The van der Waals surface area contributed by atoms with Crippen LogP contribution in [0.15, 0.2) is 76.2 Å². The highest BCUT2D eigenvalue weighted by molar-refractivity contribution is 5.93. The lowest BCUT2D eigenvalue weighted by Crippen LogP contribution is -2.32. The molecule has 2 heterocycles. The lowest BCUT2D eigenvalue weighted by atomic mass is 10.1. The molecule has 0 saturated heterocycles. The zero-order chi connectivity index (χ0) is 22.2. The van der Waals surface area contributed by atoms with Crippen LogP contribution >= 0.6 is 0 Å². The number of hydrogen-bond donors (Lipinski definition) is 0. The predicted molar refractivity (Wildman–Crippen MR) is 109 cm³/mol. The molecular weight excluding hydrogens is 411 g/mol. The van der Waals surface area contributed by atoms with E-state index in [2.05, 4.69) is 4.98 Å². The van der Waals surface area contributed by atoms with Crippen molar-refractivity contribution in [2.24, 2.45) is 0 Å². The summed E-state index contributed by atoms with van der Waals surface area (Å²) in [5, 5.41) is 0. The molecule has 4 aromatic rings. The van der Waals surface area contributed by atoms with Crippen molar-refractivity contribution in [3.63, 3.8) is 0 Å². The molecule has 0 aliphatic rings. The quantitative estimate of drug-likeness (QED) is 0.486. The van der Waals surface area contributed by atoms with Crippen molar-refractivity contribution >= 4 is 22.7 Å². The highest BCUT2D eigenvalue weighted by Crippen LogP contribution is 2.30. The van der Waals surface area contributed by atoms with E-state index in [9.17, 15) is 22.8 Å². The molecule has 0 aliphatic heterocycles. The van der Waals surface area contributed by atoms with Gasteiger partial charge in [-0.15, -0.1) is 0 Å². The van der Waals surface area contributed by atoms with Crippen LogP contribution in [0.5, 0.6) is 0 Å². The molecule has 1 amide bonds. The number of benzene rings is 2. The smallest absolute Gasteiger partial charge is 0.408 e. The number of amides is 1. The molecule has 6 nitrogen and oxygen atoms in total. The highest BCUT2D eigenvalue weighted by Gasteiger charge is 2.30. The Bertz CT molecular complexity index is 1290. The van der Waals surface area contributed by atoms with Gasteiger partial charge in [0.2, 0.25) is 5.91 Å². The number of fused-ring (bicyclic) bond motifs is 1. The Hall–Kier alpha value is -3.88. The lowest BCUT2D eigenvalue weighted by Gasteiger charge is -2.18. The van der Waals surface area contributed by atoms with Crippen molar-refractivity contribution in [1.29, 1.82) is 0 Å². The van der Waals surface area contributed by atoms with Gasteiger partial charge >= 0.3 is 11.9 Å². The van der Waals surface area contributed by atoms with E-state index in [1.54, 1.807) is 30.6 Å². The van der Waals surface area contributed by atoms with E-state index in [0.29, 0.717) is 11.1 Å². The van der Waals surface area contributed by atoms with Gasteiger partial charge in [0.05, 0.1) is 11.1 Å². The minimum atomic E-state index is -4.46. The van der Waals surface area contributed by atoms with Gasteiger partial charge < -0.3 is 9.32 Å². The Morgan fingerprint density at radius 1 is 1.03 bits per heavy atom. The van der Waals surface area contributed by atoms with E-state index in [1.807, 2.05) is 12.1 Å². The number of likely N-dealkylation sites (N-methyl/N-ethyl adjacent to an activating group) is 1. The molecule has 0 N–H and O–H groups in total. The Labute approximate surface area is 174 Å². The maximum absolute atomic E-state index is 12.7. The first-order chi connectivity index (χ1) is 14.7. The first-order valence-electron chi connectivity index (χ1n) is 9.21. The monoisotopic (exact) mass is 427 g/mol. The summed E-state index contributed by atoms with van der Waals surface area (Å²) in [6.45, 7) is -0.330. The summed E-state index contributed by atoms with van der Waals surface area (Å²) in [5.41, 5.74) is 1.92. The van der Waals surface area contributed by atoms with Crippen molar-refractivity contribution in [3.05, 3.63) is 83.1 Å². The Morgan fingerprint density at radius 2 is 1.71 bits per heavy atom. The summed E-state index contributed by atoms with van der Waals surface area (Å²) >= 11 is 0. The number of anilines is 1. The second-order valence-corrected chi connectivity index (χ2v) is 6.87. The number of pyridine rings is 1. The molecular formula is C22H16F3N3O3. The van der Waals surface area contributed by atoms with Crippen LogP contribution in [0.3, 0.4) is 0 Å². The van der Waals surface area contributed by atoms with Crippen LogP contribution in [0.2, 0.25) is 0 Å². The van der Waals surface area contributed by atoms with E-state index in [-0.39, 0.29) is 12.2 Å². The molecule has 0 fully saturated rings. The third kappa shape index (κ3) is 4.07. The second-order valence-electron chi connectivity index (χ2n) is 6.87. The van der Waals surface area contributed by atoms with Crippen molar-refractivity contribution < 1.29 is 22.4 Å². The average molecular weight is 427 g/mol. The topological polar surface area (TPSA) is 68.3 Å². The van der Waals surface area contributed by atoms with Gasteiger partial charge in [-0.1, -0.05) is 6.07 Å². The first-order valence-corrected chi connectivity index (χ1v) is 9.21. The lowest BCUT2D eigenvalue weighted by molar-refractivity contribution is -0.137. The molecule has 158 valence electrons. The number of aromatic nitrogens is 2. The summed E-state index contributed by atoms with van der Waals surface area (Å²) in [4.78, 5) is 30.2. The van der Waals surface area contributed by atoms with Gasteiger partial charge in [0, 0.05) is 25.1 Å². The Kier molecular flexibility index (Phi) is 5.10. The highest BCUT2D eigenvalue weighted by atomic mass is 19.4. The zero-order valence-electron chi connectivity index (χ0n) is 16.3. The van der Waals surface area contributed by atoms with Crippen LogP contribution in [0.25, 0.3) is 22.2 Å². The average Bonchev–Trinajstić information content (AvgIpc) is 3.07. The summed E-state index contributed by atoms with van der Waals surface area (Å²) < 4.78 is 44.7. The van der Waals surface area contributed by atoms with Crippen LogP contribution in [-0.2, 0) is 17.5 Å². The van der Waals surface area contributed by atoms with Crippen LogP contribution < -0.4 is 10.7 Å². The van der Waals surface area contributed by atoms with Crippen LogP contribution in [0.1, 0.15) is 5.56 Å². The number of rotatable bonds is 4. The fourth-order valence-corrected chi connectivity index (χ4v) is 3.20. The normalized spacial score (nSPS) is 11.6. The van der Waals surface area contributed by atoms with Gasteiger partial charge in [0.15, 0.2) is 5.58 Å². The maximum atomic E-state index is 12.7. The third-order valence-electron chi connectivity index (χ3n) is 4.93. The van der Waals surface area contributed by atoms with Crippen LogP contribution in [-0.4, -0.2) is 22.5 Å². The zero-order valence-corrected chi connectivity index (χ0v) is 16.3. The summed E-state index contributed by atoms with van der Waals surface area (Å²) in [6, 6.07) is 13.0. The van der Waals surface area contributed by atoms with Gasteiger partial charge in [0.1, 0.15) is 6.54 Å². The number of hydrogen-bond acceptors (Lipinski definition) is 4. The Balaban J connectivity index is 1.62. The second kappa shape index (κ2) is 7.75. The van der Waals surface area contributed by atoms with Crippen molar-refractivity contribution in [1.82, 2.24) is 9.55 Å². The number of carbonyl (C=O) groups is 1. The largest absolute Gasteiger partial charge is 0.420 e. The minimum Gasteiger partial charge on any atom is -0.408 e. The minimum absolute atomic E-state index is 0.274. The standard InChI is InChI=1S/C22H16F3N3O3/c1-27(17-5-3-16(4-6-17)22(23,24)25)20(29)13-28-18-12-15(14-8-10-26-11-9-14)2-7-19(18)31-21(28)30/h2-12H,13H2,1H3. The molecule has 0 bridgehead atoms. The van der Waals surface area contributed by atoms with Crippen molar-refractivity contribution in [2.45, 2.75) is 12.7 Å². The van der Waals surface area contributed by atoms with E-state index in [1.165, 1.54) is 28.6 Å². The molecule has 4 rings (SSSR count). The number of oxazole rings is 1.